The molecule has 4 bridgehead atoms. The molecule has 3 rings (SSSR count). The van der Waals surface area contributed by atoms with Crippen LogP contribution in [-0.2, 0) is 28.3 Å². The van der Waals surface area contributed by atoms with Gasteiger partial charge in [0.05, 0.1) is 18.4 Å². The molecule has 0 amide bonds. The average Bonchev–Trinajstić information content (AvgIpc) is 2.75. The normalized spacial score (nSPS) is 35.0. The average molecular weight is 425 g/mol. The van der Waals surface area contributed by atoms with Crippen molar-refractivity contribution >= 4 is 26.0 Å². The third-order valence-electron chi connectivity index (χ3n) is 7.71. The van der Waals surface area contributed by atoms with Gasteiger partial charge in [-0.25, -0.2) is 0 Å². The minimum atomic E-state index is -1.96. The molecule has 164 valence electrons. The number of ketones is 1. The number of carbonyl (C=O) groups is 3. The molecule has 29 heavy (non-hydrogen) atoms. The summed E-state index contributed by atoms with van der Waals surface area (Å²) in [5.41, 5.74) is 0. The first-order valence-electron chi connectivity index (χ1n) is 11.0. The molecule has 0 aromatic carbocycles. The topological polar surface area (TPSA) is 78.9 Å². The van der Waals surface area contributed by atoms with Gasteiger partial charge in [-0.3, -0.25) is 14.4 Å². The van der Waals surface area contributed by atoms with E-state index in [0.29, 0.717) is 32.5 Å². The van der Waals surface area contributed by atoms with E-state index in [0.717, 1.165) is 0 Å². The first-order valence-corrected chi connectivity index (χ1v) is 13.9. The van der Waals surface area contributed by atoms with Crippen LogP contribution in [0.2, 0.25) is 18.1 Å². The molecule has 1 saturated heterocycles. The zero-order chi connectivity index (χ0) is 21.6. The van der Waals surface area contributed by atoms with Gasteiger partial charge in [0, 0.05) is 24.9 Å². The van der Waals surface area contributed by atoms with Crippen LogP contribution in [0.25, 0.3) is 0 Å². The molecule has 2 saturated carbocycles. The highest BCUT2D eigenvalue weighted by Gasteiger charge is 2.57. The van der Waals surface area contributed by atoms with Gasteiger partial charge in [-0.15, -0.1) is 0 Å². The summed E-state index contributed by atoms with van der Waals surface area (Å²) in [4.78, 5) is 37.9. The first kappa shape index (κ1) is 22.5. The third kappa shape index (κ3) is 4.31. The van der Waals surface area contributed by atoms with Crippen LogP contribution in [0.15, 0.2) is 0 Å². The van der Waals surface area contributed by atoms with Gasteiger partial charge in [0.15, 0.2) is 8.32 Å². The second-order valence-corrected chi connectivity index (χ2v) is 15.2. The molecule has 0 aromatic rings. The Hall–Kier alpha value is -1.21. The van der Waals surface area contributed by atoms with Crippen LogP contribution in [-0.4, -0.2) is 45.4 Å². The fourth-order valence-corrected chi connectivity index (χ4v) is 6.00. The van der Waals surface area contributed by atoms with Crippen molar-refractivity contribution in [3.63, 3.8) is 0 Å². The van der Waals surface area contributed by atoms with Crippen LogP contribution >= 0.6 is 0 Å². The van der Waals surface area contributed by atoms with E-state index in [2.05, 4.69) is 33.9 Å². The standard InChI is InChI=1S/C22H36O6Si/c1-7-26-21(25)13-8-9-14-19(24)16(10-13)15-11-18(23)28-20(14)17(15)12-27-29(5,6)22(2,3)4/h13-17,20H,7-12H2,1-6H3/t13-,14-,15-,16-,17+,20+/m1/s1. The van der Waals surface area contributed by atoms with E-state index >= 15 is 0 Å². The number of rotatable bonds is 5. The zero-order valence-corrected chi connectivity index (χ0v) is 19.7. The Bertz CT molecular complexity index is 667. The summed E-state index contributed by atoms with van der Waals surface area (Å²) < 4.78 is 17.5. The minimum absolute atomic E-state index is 0.0236. The van der Waals surface area contributed by atoms with Gasteiger partial charge in [0.25, 0.3) is 0 Å². The molecule has 0 unspecified atom stereocenters. The van der Waals surface area contributed by atoms with Gasteiger partial charge >= 0.3 is 11.9 Å². The van der Waals surface area contributed by atoms with Crippen LogP contribution in [0, 0.1) is 29.6 Å². The van der Waals surface area contributed by atoms with Crippen molar-refractivity contribution < 1.29 is 28.3 Å². The van der Waals surface area contributed by atoms with Gasteiger partial charge in [0.1, 0.15) is 11.9 Å². The molecule has 7 heteroatoms. The molecule has 1 heterocycles. The highest BCUT2D eigenvalue weighted by Crippen LogP contribution is 2.50. The number of carbonyl (C=O) groups excluding carboxylic acids is 3. The number of fused-ring (bicyclic) bond motifs is 6. The molecule has 0 spiro atoms. The first-order chi connectivity index (χ1) is 13.5. The lowest BCUT2D eigenvalue weighted by molar-refractivity contribution is -0.184. The molecule has 3 fully saturated rings. The van der Waals surface area contributed by atoms with Crippen molar-refractivity contribution in [3.8, 4) is 0 Å². The van der Waals surface area contributed by atoms with Crippen LogP contribution in [0.1, 0.15) is 53.4 Å². The van der Waals surface area contributed by atoms with E-state index in [-0.39, 0.29) is 58.8 Å². The maximum absolute atomic E-state index is 13.2. The van der Waals surface area contributed by atoms with E-state index in [1.807, 2.05) is 0 Å². The Morgan fingerprint density at radius 1 is 1.17 bits per heavy atom. The van der Waals surface area contributed by atoms with Gasteiger partial charge in [-0.05, 0) is 50.2 Å². The second-order valence-electron chi connectivity index (χ2n) is 10.4. The van der Waals surface area contributed by atoms with Gasteiger partial charge in [-0.1, -0.05) is 20.8 Å². The predicted molar refractivity (Wildman–Crippen MR) is 111 cm³/mol. The number of Topliss-reactive ketones (excluding diaryl/α,β-unsaturated/α-hetero) is 1. The third-order valence-corrected chi connectivity index (χ3v) is 12.2. The van der Waals surface area contributed by atoms with Crippen LogP contribution < -0.4 is 0 Å². The lowest BCUT2D eigenvalue weighted by Gasteiger charge is -2.49. The largest absolute Gasteiger partial charge is 0.466 e. The SMILES string of the molecule is CCOC(=O)[C@@H]1CC[C@@H]2C(=O)[C@H](C1)[C@H]1CC(=O)O[C@@H]2[C@H]1CO[Si](C)(C)C(C)(C)C. The quantitative estimate of drug-likeness (QED) is 0.494. The van der Waals surface area contributed by atoms with Crippen molar-refractivity contribution in [1.29, 1.82) is 0 Å². The van der Waals surface area contributed by atoms with Crippen LogP contribution in [0.3, 0.4) is 0 Å². The monoisotopic (exact) mass is 424 g/mol. The molecule has 1 aliphatic heterocycles. The highest BCUT2D eigenvalue weighted by molar-refractivity contribution is 6.74. The van der Waals surface area contributed by atoms with Crippen LogP contribution in [0.5, 0.6) is 0 Å². The number of hydrogen-bond acceptors (Lipinski definition) is 6. The summed E-state index contributed by atoms with van der Waals surface area (Å²) in [6, 6.07) is 0. The molecular weight excluding hydrogens is 388 g/mol. The smallest absolute Gasteiger partial charge is 0.308 e. The van der Waals surface area contributed by atoms with Crippen molar-refractivity contribution in [1.82, 2.24) is 0 Å². The Morgan fingerprint density at radius 3 is 2.48 bits per heavy atom. The minimum Gasteiger partial charge on any atom is -0.466 e. The Labute approximate surface area is 175 Å². The van der Waals surface area contributed by atoms with E-state index in [1.54, 1.807) is 6.92 Å². The maximum atomic E-state index is 13.2. The van der Waals surface area contributed by atoms with Crippen molar-refractivity contribution in [3.05, 3.63) is 0 Å². The summed E-state index contributed by atoms with van der Waals surface area (Å²) in [6.45, 7) is 13.7. The number of ether oxygens (including phenoxy) is 2. The zero-order valence-electron chi connectivity index (χ0n) is 18.7. The predicted octanol–water partition coefficient (Wildman–Crippen LogP) is 3.73. The summed E-state index contributed by atoms with van der Waals surface area (Å²) in [6.07, 6.45) is 1.48. The van der Waals surface area contributed by atoms with E-state index < -0.39 is 14.4 Å². The summed E-state index contributed by atoms with van der Waals surface area (Å²) in [5, 5.41) is 0.0883. The van der Waals surface area contributed by atoms with Crippen molar-refractivity contribution in [2.45, 2.75) is 77.6 Å². The number of esters is 2. The Kier molecular flexibility index (Phi) is 6.31. The number of hydrogen-bond donors (Lipinski definition) is 0. The van der Waals surface area contributed by atoms with E-state index in [4.69, 9.17) is 13.9 Å². The molecule has 6 atom stereocenters. The van der Waals surface area contributed by atoms with E-state index in [1.165, 1.54) is 0 Å². The molecular formula is C22H36O6Si. The van der Waals surface area contributed by atoms with Gasteiger partial charge in [-0.2, -0.15) is 0 Å². The lowest BCUT2D eigenvalue weighted by Crippen LogP contribution is -2.57. The molecule has 0 N–H and O–H groups in total. The highest BCUT2D eigenvalue weighted by atomic mass is 28.4. The molecule has 0 radical (unpaired) electrons. The van der Waals surface area contributed by atoms with Crippen molar-refractivity contribution in [2.24, 2.45) is 29.6 Å². The maximum Gasteiger partial charge on any atom is 0.308 e. The summed E-state index contributed by atoms with van der Waals surface area (Å²) >= 11 is 0. The van der Waals surface area contributed by atoms with Crippen LogP contribution in [0.4, 0.5) is 0 Å². The fraction of sp³-hybridized carbons (Fsp3) is 0.864. The van der Waals surface area contributed by atoms with Gasteiger partial charge in [0.2, 0.25) is 0 Å². The van der Waals surface area contributed by atoms with Gasteiger partial charge < -0.3 is 13.9 Å². The summed E-state index contributed by atoms with van der Waals surface area (Å²) in [5.74, 6) is -1.24. The second kappa shape index (κ2) is 8.14. The van der Waals surface area contributed by atoms with Crippen molar-refractivity contribution in [2.75, 3.05) is 13.2 Å². The lowest BCUT2D eigenvalue weighted by atomic mass is 9.62. The fourth-order valence-electron chi connectivity index (χ4n) is 4.96. The molecule has 6 nitrogen and oxygen atoms in total. The molecule has 2 aliphatic carbocycles. The Morgan fingerprint density at radius 2 is 1.86 bits per heavy atom. The molecule has 0 aromatic heterocycles. The molecule has 3 aliphatic rings. The summed E-state index contributed by atoms with van der Waals surface area (Å²) in [7, 11) is -1.96. The Balaban J connectivity index is 1.85. The van der Waals surface area contributed by atoms with E-state index in [9.17, 15) is 14.4 Å².